The van der Waals surface area contributed by atoms with Crippen molar-refractivity contribution in [2.45, 2.75) is 37.5 Å². The lowest BCUT2D eigenvalue weighted by atomic mass is 9.59. The molecule has 3 nitrogen and oxygen atoms in total. The molecule has 0 aromatic heterocycles. The average molecular weight is 346 g/mol. The van der Waals surface area contributed by atoms with Crippen LogP contribution in [0.25, 0.3) is 0 Å². The molecule has 0 N–H and O–H groups in total. The first-order valence-corrected chi connectivity index (χ1v) is 9.12. The van der Waals surface area contributed by atoms with Crippen molar-refractivity contribution in [1.29, 1.82) is 0 Å². The number of ketones is 1. The first kappa shape index (κ1) is 16.8. The molecule has 2 aromatic carbocycles. The number of methoxy groups -OCH3 is 1. The molecule has 2 aliphatic carbocycles. The molecular formula is C23H22O3. The Kier molecular flexibility index (Phi) is 4.23. The maximum absolute atomic E-state index is 12.1. The van der Waals surface area contributed by atoms with Gasteiger partial charge in [0.15, 0.2) is 5.78 Å². The van der Waals surface area contributed by atoms with Crippen LogP contribution in [0.3, 0.4) is 0 Å². The van der Waals surface area contributed by atoms with Crippen LogP contribution in [0.5, 0.6) is 0 Å². The maximum Gasteiger partial charge on any atom is 0.337 e. The van der Waals surface area contributed by atoms with Gasteiger partial charge in [-0.05, 0) is 60.6 Å². The molecule has 0 saturated heterocycles. The van der Waals surface area contributed by atoms with Crippen LogP contribution in [0.1, 0.15) is 46.3 Å². The van der Waals surface area contributed by atoms with E-state index in [0.29, 0.717) is 12.0 Å². The third kappa shape index (κ3) is 2.78. The predicted molar refractivity (Wildman–Crippen MR) is 100 cm³/mol. The molecule has 0 aliphatic heterocycles. The normalized spacial score (nSPS) is 21.4. The van der Waals surface area contributed by atoms with E-state index in [-0.39, 0.29) is 17.2 Å². The van der Waals surface area contributed by atoms with Crippen molar-refractivity contribution in [3.63, 3.8) is 0 Å². The Bertz CT molecular complexity index is 895. The van der Waals surface area contributed by atoms with Crippen molar-refractivity contribution in [3.8, 4) is 0 Å². The summed E-state index contributed by atoms with van der Waals surface area (Å²) in [6.07, 6.45) is 5.90. The summed E-state index contributed by atoms with van der Waals surface area (Å²) < 4.78 is 4.87. The molecule has 4 rings (SSSR count). The molecule has 2 aliphatic rings. The van der Waals surface area contributed by atoms with Crippen LogP contribution >= 0.6 is 0 Å². The number of aryl methyl sites for hydroxylation is 1. The Hall–Kier alpha value is -2.68. The second-order valence-electron chi connectivity index (χ2n) is 7.24. The molecule has 1 atom stereocenters. The van der Waals surface area contributed by atoms with Gasteiger partial charge in [0.2, 0.25) is 0 Å². The second kappa shape index (κ2) is 6.56. The van der Waals surface area contributed by atoms with E-state index in [0.717, 1.165) is 25.7 Å². The largest absolute Gasteiger partial charge is 0.465 e. The number of esters is 1. The Balaban J connectivity index is 1.84. The number of hydrogen-bond acceptors (Lipinski definition) is 3. The smallest absolute Gasteiger partial charge is 0.337 e. The van der Waals surface area contributed by atoms with Gasteiger partial charge >= 0.3 is 5.97 Å². The molecule has 0 bridgehead atoms. The minimum Gasteiger partial charge on any atom is -0.465 e. The molecule has 0 heterocycles. The van der Waals surface area contributed by atoms with Gasteiger partial charge in [0.1, 0.15) is 0 Å². The molecule has 0 unspecified atom stereocenters. The number of rotatable bonds is 3. The summed E-state index contributed by atoms with van der Waals surface area (Å²) in [6, 6.07) is 16.4. The van der Waals surface area contributed by atoms with Gasteiger partial charge in [0.05, 0.1) is 12.7 Å². The summed E-state index contributed by atoms with van der Waals surface area (Å²) in [5, 5.41) is 0. The Morgan fingerprint density at radius 3 is 2.65 bits per heavy atom. The van der Waals surface area contributed by atoms with E-state index in [2.05, 4.69) is 30.3 Å². The molecule has 26 heavy (non-hydrogen) atoms. The standard InChI is InChI=1S/C23H22O3/c1-26-22(25)18-8-10-21-17(13-18)7-9-19-14-20(24)11-12-23(19,21)15-16-5-3-2-4-6-16/h2-6,8,10,13-14H,7,9,11-12,15H2,1H3/t23-/m0/s1. The first-order valence-electron chi connectivity index (χ1n) is 9.12. The highest BCUT2D eigenvalue weighted by atomic mass is 16.5. The molecule has 0 spiro atoms. The van der Waals surface area contributed by atoms with Crippen LogP contribution in [0, 0.1) is 0 Å². The van der Waals surface area contributed by atoms with E-state index in [1.165, 1.54) is 29.4 Å². The van der Waals surface area contributed by atoms with Crippen LogP contribution < -0.4 is 0 Å². The van der Waals surface area contributed by atoms with Crippen LogP contribution in [-0.2, 0) is 27.8 Å². The highest BCUT2D eigenvalue weighted by Crippen LogP contribution is 2.49. The second-order valence-corrected chi connectivity index (χ2v) is 7.24. The molecule has 132 valence electrons. The number of carbonyl (C=O) groups excluding carboxylic acids is 2. The monoisotopic (exact) mass is 346 g/mol. The molecule has 2 aromatic rings. The molecule has 0 saturated carbocycles. The quantitative estimate of drug-likeness (QED) is 0.783. The van der Waals surface area contributed by atoms with E-state index in [1.807, 2.05) is 24.3 Å². The van der Waals surface area contributed by atoms with E-state index in [1.54, 1.807) is 0 Å². The number of carbonyl (C=O) groups is 2. The SMILES string of the molecule is COC(=O)c1ccc2c(c1)CCC1=CC(=O)CC[C@]12Cc1ccccc1. The number of allylic oxidation sites excluding steroid dienone is 2. The number of hydrogen-bond donors (Lipinski definition) is 0. The van der Waals surface area contributed by atoms with E-state index < -0.39 is 0 Å². The lowest BCUT2D eigenvalue weighted by molar-refractivity contribution is -0.115. The summed E-state index contributed by atoms with van der Waals surface area (Å²) in [5.41, 5.74) is 5.45. The van der Waals surface area contributed by atoms with Crippen LogP contribution in [0.2, 0.25) is 0 Å². The summed E-state index contributed by atoms with van der Waals surface area (Å²) in [4.78, 5) is 24.0. The minimum absolute atomic E-state index is 0.141. The van der Waals surface area contributed by atoms with E-state index in [9.17, 15) is 9.59 Å². The zero-order chi connectivity index (χ0) is 18.1. The maximum atomic E-state index is 12.1. The van der Waals surface area contributed by atoms with Gasteiger partial charge in [-0.2, -0.15) is 0 Å². The van der Waals surface area contributed by atoms with Gasteiger partial charge in [0.25, 0.3) is 0 Å². The summed E-state index contributed by atoms with van der Waals surface area (Å²) in [6.45, 7) is 0. The third-order valence-electron chi connectivity index (χ3n) is 5.80. The van der Waals surface area contributed by atoms with Crippen molar-refractivity contribution in [2.24, 2.45) is 0 Å². The number of fused-ring (bicyclic) bond motifs is 3. The zero-order valence-corrected chi connectivity index (χ0v) is 15.0. The summed E-state index contributed by atoms with van der Waals surface area (Å²) in [7, 11) is 1.41. The highest BCUT2D eigenvalue weighted by molar-refractivity contribution is 5.93. The lowest BCUT2D eigenvalue weighted by Gasteiger charge is -2.44. The molecule has 0 fully saturated rings. The van der Waals surface area contributed by atoms with Crippen LogP contribution in [0.4, 0.5) is 0 Å². The van der Waals surface area contributed by atoms with E-state index in [4.69, 9.17) is 4.74 Å². The Labute approximate surface area is 153 Å². The molecule has 3 heteroatoms. The fourth-order valence-electron chi connectivity index (χ4n) is 4.54. The zero-order valence-electron chi connectivity index (χ0n) is 15.0. The van der Waals surface area contributed by atoms with Gasteiger partial charge < -0.3 is 4.74 Å². The molecular weight excluding hydrogens is 324 g/mol. The number of benzene rings is 2. The van der Waals surface area contributed by atoms with Gasteiger partial charge in [-0.1, -0.05) is 42.0 Å². The lowest BCUT2D eigenvalue weighted by Crippen LogP contribution is -2.39. The topological polar surface area (TPSA) is 43.4 Å². The third-order valence-corrected chi connectivity index (χ3v) is 5.80. The summed E-state index contributed by atoms with van der Waals surface area (Å²) >= 11 is 0. The van der Waals surface area contributed by atoms with Crippen LogP contribution in [0.15, 0.2) is 60.2 Å². The van der Waals surface area contributed by atoms with E-state index >= 15 is 0 Å². The van der Waals surface area contributed by atoms with Gasteiger partial charge in [-0.25, -0.2) is 4.79 Å². The molecule has 0 radical (unpaired) electrons. The minimum atomic E-state index is -0.301. The predicted octanol–water partition coefficient (Wildman–Crippen LogP) is 4.19. The number of ether oxygens (including phenoxy) is 1. The highest BCUT2D eigenvalue weighted by Gasteiger charge is 2.42. The van der Waals surface area contributed by atoms with Crippen LogP contribution in [-0.4, -0.2) is 18.9 Å². The van der Waals surface area contributed by atoms with Gasteiger partial charge in [-0.3, -0.25) is 4.79 Å². The van der Waals surface area contributed by atoms with Crippen molar-refractivity contribution < 1.29 is 14.3 Å². The fourth-order valence-corrected chi connectivity index (χ4v) is 4.54. The van der Waals surface area contributed by atoms with Gasteiger partial charge in [-0.15, -0.1) is 0 Å². The van der Waals surface area contributed by atoms with Crippen molar-refractivity contribution >= 4 is 11.8 Å². The Morgan fingerprint density at radius 1 is 1.08 bits per heavy atom. The summed E-state index contributed by atoms with van der Waals surface area (Å²) in [5.74, 6) is -0.0663. The average Bonchev–Trinajstić information content (AvgIpc) is 2.68. The fraction of sp³-hybridized carbons (Fsp3) is 0.304. The van der Waals surface area contributed by atoms with Crippen molar-refractivity contribution in [1.82, 2.24) is 0 Å². The van der Waals surface area contributed by atoms with Crippen molar-refractivity contribution in [2.75, 3.05) is 7.11 Å². The first-order chi connectivity index (χ1) is 12.6. The Morgan fingerprint density at radius 2 is 1.88 bits per heavy atom. The van der Waals surface area contributed by atoms with Gasteiger partial charge in [0, 0.05) is 11.8 Å². The van der Waals surface area contributed by atoms with Crippen molar-refractivity contribution in [3.05, 3.63) is 82.4 Å². The molecule has 0 amide bonds.